The zero-order valence-electron chi connectivity index (χ0n) is 13.2. The van der Waals surface area contributed by atoms with Crippen molar-refractivity contribution in [2.45, 2.75) is 26.9 Å². The number of aliphatic hydroxyl groups is 1. The maximum absolute atomic E-state index is 10.8. The van der Waals surface area contributed by atoms with E-state index in [1.54, 1.807) is 14.2 Å². The lowest BCUT2D eigenvalue weighted by molar-refractivity contribution is 0.208. The van der Waals surface area contributed by atoms with Crippen molar-refractivity contribution in [1.82, 2.24) is 0 Å². The Kier molecular flexibility index (Phi) is 4.53. The fourth-order valence-electron chi connectivity index (χ4n) is 2.66. The maximum Gasteiger partial charge on any atom is 0.125 e. The van der Waals surface area contributed by atoms with Crippen molar-refractivity contribution in [3.8, 4) is 11.5 Å². The van der Waals surface area contributed by atoms with Gasteiger partial charge in [-0.15, -0.1) is 0 Å². The van der Waals surface area contributed by atoms with Gasteiger partial charge in [0, 0.05) is 11.1 Å². The summed E-state index contributed by atoms with van der Waals surface area (Å²) in [6.45, 7) is 5.99. The van der Waals surface area contributed by atoms with Gasteiger partial charge in [0.25, 0.3) is 0 Å². The van der Waals surface area contributed by atoms with Crippen LogP contribution in [-0.4, -0.2) is 19.3 Å². The third-order valence-corrected chi connectivity index (χ3v) is 3.67. The molecule has 3 heteroatoms. The molecule has 0 heterocycles. The molecule has 0 radical (unpaired) electrons. The van der Waals surface area contributed by atoms with E-state index in [0.717, 1.165) is 27.8 Å². The van der Waals surface area contributed by atoms with Gasteiger partial charge in [-0.25, -0.2) is 0 Å². The molecule has 2 aromatic rings. The first-order valence-corrected chi connectivity index (χ1v) is 6.95. The van der Waals surface area contributed by atoms with Crippen molar-refractivity contribution in [3.05, 3.63) is 58.1 Å². The second kappa shape index (κ2) is 6.19. The zero-order valence-corrected chi connectivity index (χ0v) is 13.2. The van der Waals surface area contributed by atoms with Crippen LogP contribution in [0, 0.1) is 20.8 Å². The highest BCUT2D eigenvalue weighted by atomic mass is 16.5. The summed E-state index contributed by atoms with van der Waals surface area (Å²) in [7, 11) is 3.24. The third kappa shape index (κ3) is 3.03. The lowest BCUT2D eigenvalue weighted by Gasteiger charge is -2.20. The fourth-order valence-corrected chi connectivity index (χ4v) is 2.66. The molecular weight excluding hydrogens is 264 g/mol. The number of rotatable bonds is 4. The van der Waals surface area contributed by atoms with Crippen LogP contribution < -0.4 is 9.47 Å². The van der Waals surface area contributed by atoms with E-state index in [2.05, 4.69) is 0 Å². The Hall–Kier alpha value is -2.00. The Labute approximate surface area is 126 Å². The van der Waals surface area contributed by atoms with Crippen LogP contribution in [0.4, 0.5) is 0 Å². The van der Waals surface area contributed by atoms with Gasteiger partial charge < -0.3 is 14.6 Å². The number of aryl methyl sites for hydroxylation is 3. The minimum Gasteiger partial charge on any atom is -0.496 e. The van der Waals surface area contributed by atoms with Crippen LogP contribution in [0.1, 0.15) is 33.9 Å². The monoisotopic (exact) mass is 286 g/mol. The molecule has 0 saturated carbocycles. The molecule has 0 spiro atoms. The Morgan fingerprint density at radius 2 is 1.48 bits per heavy atom. The van der Waals surface area contributed by atoms with E-state index in [-0.39, 0.29) is 0 Å². The molecule has 0 amide bonds. The molecule has 21 heavy (non-hydrogen) atoms. The average molecular weight is 286 g/mol. The quantitative estimate of drug-likeness (QED) is 0.931. The lowest BCUT2D eigenvalue weighted by Crippen LogP contribution is -2.07. The summed E-state index contributed by atoms with van der Waals surface area (Å²) in [5, 5.41) is 10.8. The minimum atomic E-state index is -0.781. The van der Waals surface area contributed by atoms with Gasteiger partial charge in [0.2, 0.25) is 0 Å². The summed E-state index contributed by atoms with van der Waals surface area (Å²) in [6, 6.07) is 9.77. The topological polar surface area (TPSA) is 38.7 Å². The predicted molar refractivity (Wildman–Crippen MR) is 84.3 cm³/mol. The Bertz CT molecular complexity index is 647. The minimum absolute atomic E-state index is 0.685. The van der Waals surface area contributed by atoms with E-state index in [1.807, 2.05) is 51.1 Å². The fraction of sp³-hybridized carbons (Fsp3) is 0.333. The number of benzene rings is 2. The average Bonchev–Trinajstić information content (AvgIpc) is 2.45. The van der Waals surface area contributed by atoms with E-state index in [9.17, 15) is 5.11 Å². The van der Waals surface area contributed by atoms with Gasteiger partial charge in [0.1, 0.15) is 17.6 Å². The van der Waals surface area contributed by atoms with E-state index >= 15 is 0 Å². The number of methoxy groups -OCH3 is 2. The van der Waals surface area contributed by atoms with Crippen LogP contribution in [0.15, 0.2) is 30.3 Å². The molecule has 0 aliphatic carbocycles. The Morgan fingerprint density at radius 3 is 2.10 bits per heavy atom. The summed E-state index contributed by atoms with van der Waals surface area (Å²) in [5.74, 6) is 1.38. The van der Waals surface area contributed by atoms with Crippen LogP contribution >= 0.6 is 0 Å². The lowest BCUT2D eigenvalue weighted by atomic mass is 9.94. The van der Waals surface area contributed by atoms with E-state index in [4.69, 9.17) is 9.47 Å². The van der Waals surface area contributed by atoms with Gasteiger partial charge in [-0.2, -0.15) is 0 Å². The van der Waals surface area contributed by atoms with Gasteiger partial charge in [-0.05, 0) is 49.6 Å². The summed E-state index contributed by atoms with van der Waals surface area (Å²) in [4.78, 5) is 0. The number of hydrogen-bond donors (Lipinski definition) is 1. The SMILES string of the molecule is COc1cc(C)ccc1C(O)c1c(C)cc(C)cc1OC. The first-order chi connectivity index (χ1) is 9.97. The number of ether oxygens (including phenoxy) is 2. The van der Waals surface area contributed by atoms with Crippen molar-refractivity contribution >= 4 is 0 Å². The van der Waals surface area contributed by atoms with Crippen molar-refractivity contribution in [2.75, 3.05) is 14.2 Å². The highest BCUT2D eigenvalue weighted by Gasteiger charge is 2.21. The first kappa shape index (κ1) is 15.4. The molecule has 2 rings (SSSR count). The molecule has 0 aliphatic heterocycles. The van der Waals surface area contributed by atoms with Gasteiger partial charge in [-0.1, -0.05) is 18.2 Å². The van der Waals surface area contributed by atoms with Crippen molar-refractivity contribution in [3.63, 3.8) is 0 Å². The summed E-state index contributed by atoms with van der Waals surface area (Å²) >= 11 is 0. The molecular formula is C18H22O3. The summed E-state index contributed by atoms with van der Waals surface area (Å²) in [6.07, 6.45) is -0.781. The van der Waals surface area contributed by atoms with E-state index in [1.165, 1.54) is 0 Å². The van der Waals surface area contributed by atoms with Crippen molar-refractivity contribution < 1.29 is 14.6 Å². The van der Waals surface area contributed by atoms with Gasteiger partial charge in [-0.3, -0.25) is 0 Å². The molecule has 3 nitrogen and oxygen atoms in total. The highest BCUT2D eigenvalue weighted by molar-refractivity contribution is 5.50. The van der Waals surface area contributed by atoms with Gasteiger partial charge in [0.15, 0.2) is 0 Å². The highest BCUT2D eigenvalue weighted by Crippen LogP contribution is 2.37. The van der Waals surface area contributed by atoms with Crippen LogP contribution in [0.3, 0.4) is 0 Å². The van der Waals surface area contributed by atoms with Crippen molar-refractivity contribution in [1.29, 1.82) is 0 Å². The summed E-state index contributed by atoms with van der Waals surface area (Å²) < 4.78 is 10.9. The molecule has 0 bridgehead atoms. The van der Waals surface area contributed by atoms with Crippen LogP contribution in [0.2, 0.25) is 0 Å². The largest absolute Gasteiger partial charge is 0.496 e. The molecule has 1 N–H and O–H groups in total. The van der Waals surface area contributed by atoms with Crippen LogP contribution in [0.25, 0.3) is 0 Å². The second-order valence-corrected chi connectivity index (χ2v) is 5.35. The second-order valence-electron chi connectivity index (χ2n) is 5.35. The predicted octanol–water partition coefficient (Wildman–Crippen LogP) is 3.71. The Morgan fingerprint density at radius 1 is 0.857 bits per heavy atom. The third-order valence-electron chi connectivity index (χ3n) is 3.67. The normalized spacial score (nSPS) is 12.1. The number of aliphatic hydroxyl groups excluding tert-OH is 1. The first-order valence-electron chi connectivity index (χ1n) is 6.95. The molecule has 1 atom stereocenters. The van der Waals surface area contributed by atoms with E-state index in [0.29, 0.717) is 11.5 Å². The molecule has 112 valence electrons. The smallest absolute Gasteiger partial charge is 0.125 e. The standard InChI is InChI=1S/C18H22O3/c1-11-6-7-14(15(9-11)20-4)18(19)17-13(3)8-12(2)10-16(17)21-5/h6-10,18-19H,1-5H3. The van der Waals surface area contributed by atoms with Gasteiger partial charge >= 0.3 is 0 Å². The van der Waals surface area contributed by atoms with Crippen LogP contribution in [-0.2, 0) is 0 Å². The summed E-state index contributed by atoms with van der Waals surface area (Å²) in [5.41, 5.74) is 4.73. The molecule has 0 saturated heterocycles. The van der Waals surface area contributed by atoms with Crippen molar-refractivity contribution in [2.24, 2.45) is 0 Å². The Balaban J connectivity index is 2.57. The maximum atomic E-state index is 10.8. The molecule has 0 aliphatic rings. The van der Waals surface area contributed by atoms with Gasteiger partial charge in [0.05, 0.1) is 14.2 Å². The molecule has 0 fully saturated rings. The van der Waals surface area contributed by atoms with E-state index < -0.39 is 6.10 Å². The molecule has 1 unspecified atom stereocenters. The molecule has 2 aromatic carbocycles. The zero-order chi connectivity index (χ0) is 15.6. The molecule has 0 aromatic heterocycles. The number of hydrogen-bond acceptors (Lipinski definition) is 3. The van der Waals surface area contributed by atoms with Crippen LogP contribution in [0.5, 0.6) is 11.5 Å².